The van der Waals surface area contributed by atoms with E-state index in [9.17, 15) is 20.1 Å². The molecule has 0 radical (unpaired) electrons. The normalized spacial score (nSPS) is 43.4. The lowest BCUT2D eigenvalue weighted by atomic mass is 9.47. The maximum Gasteiger partial charge on any atom is 0.333 e. The Kier molecular flexibility index (Phi) is 6.35. The van der Waals surface area contributed by atoms with Crippen molar-refractivity contribution < 1.29 is 44.1 Å². The van der Waals surface area contributed by atoms with E-state index in [0.717, 1.165) is 52.8 Å². The summed E-state index contributed by atoms with van der Waals surface area (Å²) in [6.07, 6.45) is 0.0979. The number of methoxy groups -OCH3 is 1. The van der Waals surface area contributed by atoms with E-state index >= 15 is 0 Å². The summed E-state index contributed by atoms with van der Waals surface area (Å²) in [6, 6.07) is 3.83. The van der Waals surface area contributed by atoms with Crippen molar-refractivity contribution >= 4 is 27.5 Å². The number of carbonyl (C=O) groups is 1. The molecule has 1 spiro atoms. The first-order valence-electron chi connectivity index (χ1n) is 14.7. The van der Waals surface area contributed by atoms with Crippen LogP contribution in [0.2, 0.25) is 0 Å². The van der Waals surface area contributed by atoms with Gasteiger partial charge in [-0.2, -0.15) is 4.89 Å². The van der Waals surface area contributed by atoms with Crippen LogP contribution < -0.4 is 4.74 Å². The number of aliphatic hydroxyl groups is 2. The molecule has 1 aromatic carbocycles. The molecule has 3 heterocycles. The second-order valence-corrected chi connectivity index (χ2v) is 14.9. The zero-order valence-corrected chi connectivity index (χ0v) is 24.8. The molecule has 4 aliphatic carbocycles. The van der Waals surface area contributed by atoms with Crippen molar-refractivity contribution in [2.75, 3.05) is 7.11 Å². The monoisotopic (exact) mass is 589 g/mol. The number of ether oxygens (including phenoxy) is 3. The minimum atomic E-state index is -1.46. The molecule has 41 heavy (non-hydrogen) atoms. The first-order chi connectivity index (χ1) is 19.4. The lowest BCUT2D eigenvalue weighted by Crippen LogP contribution is -2.76. The predicted molar refractivity (Wildman–Crippen MR) is 147 cm³/mol. The molecule has 11 heteroatoms. The molecule has 4 saturated carbocycles. The van der Waals surface area contributed by atoms with Gasteiger partial charge in [0.2, 0.25) is 6.29 Å². The van der Waals surface area contributed by atoms with Gasteiger partial charge in [-0.05, 0) is 67.9 Å². The molecule has 6 unspecified atom stereocenters. The lowest BCUT2D eigenvalue weighted by molar-refractivity contribution is -0.645. The third kappa shape index (κ3) is 3.89. The third-order valence-corrected chi connectivity index (χ3v) is 11.8. The number of hydrogen-bond donors (Lipinski definition) is 3. The van der Waals surface area contributed by atoms with Crippen molar-refractivity contribution in [3.8, 4) is 5.75 Å². The third-order valence-electron chi connectivity index (χ3n) is 10.3. The van der Waals surface area contributed by atoms with Crippen LogP contribution in [-0.2, 0) is 35.2 Å². The molecule has 8 rings (SSSR count). The minimum absolute atomic E-state index is 0.236. The average molecular weight is 590 g/mol. The van der Waals surface area contributed by atoms with E-state index in [2.05, 4.69) is 20.8 Å². The molecule has 2 aromatic rings. The van der Waals surface area contributed by atoms with Crippen LogP contribution in [0, 0.1) is 29.6 Å². The second-order valence-electron chi connectivity index (χ2n) is 13.9. The minimum Gasteiger partial charge on any atom is -0.479 e. The molecular weight excluding hydrogens is 550 g/mol. The zero-order chi connectivity index (χ0) is 29.1. The van der Waals surface area contributed by atoms with E-state index in [4.69, 9.17) is 29.0 Å². The lowest BCUT2D eigenvalue weighted by Gasteiger charge is -2.68. The molecule has 4 bridgehead atoms. The van der Waals surface area contributed by atoms with E-state index in [1.807, 2.05) is 6.07 Å². The Morgan fingerprint density at radius 1 is 1.05 bits per heavy atom. The first kappa shape index (κ1) is 27.9. The van der Waals surface area contributed by atoms with E-state index in [0.29, 0.717) is 23.1 Å². The topological polar surface area (TPSA) is 137 Å². The van der Waals surface area contributed by atoms with E-state index < -0.39 is 47.9 Å². The number of benzene rings is 1. The Labute approximate surface area is 242 Å². The van der Waals surface area contributed by atoms with Crippen LogP contribution in [-0.4, -0.2) is 63.6 Å². The van der Waals surface area contributed by atoms with Crippen molar-refractivity contribution in [1.29, 1.82) is 0 Å². The number of aliphatic hydroxyl groups excluding tert-OH is 2. The molecule has 2 saturated heterocycles. The van der Waals surface area contributed by atoms with Crippen molar-refractivity contribution in [2.24, 2.45) is 29.6 Å². The highest BCUT2D eigenvalue weighted by Crippen LogP contribution is 2.69. The number of aromatic nitrogens is 1. The maximum atomic E-state index is 11.9. The highest BCUT2D eigenvalue weighted by molar-refractivity contribution is 7.18. The number of nitrogens with zero attached hydrogens (tertiary/aromatic N) is 1. The molecule has 6 aliphatic rings. The highest BCUT2D eigenvalue weighted by Gasteiger charge is 2.76. The predicted octanol–water partition coefficient (Wildman–Crippen LogP) is 4.10. The summed E-state index contributed by atoms with van der Waals surface area (Å²) in [6.45, 7) is 7.77. The Morgan fingerprint density at radius 3 is 2.24 bits per heavy atom. The van der Waals surface area contributed by atoms with Crippen LogP contribution in [0.3, 0.4) is 0 Å². The van der Waals surface area contributed by atoms with Crippen molar-refractivity contribution in [3.63, 3.8) is 0 Å². The highest BCUT2D eigenvalue weighted by atomic mass is 32.1. The molecule has 3 N–H and O–H groups in total. The van der Waals surface area contributed by atoms with Gasteiger partial charge in [0.1, 0.15) is 11.6 Å². The summed E-state index contributed by atoms with van der Waals surface area (Å²) < 4.78 is 19.1. The van der Waals surface area contributed by atoms with Crippen LogP contribution in [0.25, 0.3) is 10.2 Å². The standard InChI is InChI=1S/C30H39NO9S/c1-13-22(32)23(33)26(38-24(13)25(34)35)37-19-11-18(12-20-21(19)31-27(41-20)28(2,3)4)30(36-5)29(39-40-30)16-7-14-6-15(9-16)10-17(29)8-14/h11-17,22-24,26,32-33H,6-10H2,1-5H3,(H,34,35). The van der Waals surface area contributed by atoms with Crippen LogP contribution in [0.4, 0.5) is 0 Å². The van der Waals surface area contributed by atoms with Crippen molar-refractivity contribution in [1.82, 2.24) is 4.98 Å². The summed E-state index contributed by atoms with van der Waals surface area (Å²) in [5, 5.41) is 32.1. The van der Waals surface area contributed by atoms with E-state index in [1.54, 1.807) is 13.2 Å². The van der Waals surface area contributed by atoms with Gasteiger partial charge in [0, 0.05) is 24.0 Å². The summed E-state index contributed by atoms with van der Waals surface area (Å²) in [5.74, 6) is -0.843. The van der Waals surface area contributed by atoms with Gasteiger partial charge in [0.15, 0.2) is 17.5 Å². The fourth-order valence-corrected chi connectivity index (χ4v) is 9.54. The molecule has 1 aromatic heterocycles. The number of fused-ring (bicyclic) bond motifs is 1. The summed E-state index contributed by atoms with van der Waals surface area (Å²) in [7, 11) is 1.65. The Morgan fingerprint density at radius 2 is 1.71 bits per heavy atom. The van der Waals surface area contributed by atoms with Crippen LogP contribution >= 0.6 is 11.3 Å². The number of thiazole rings is 1. The van der Waals surface area contributed by atoms with Crippen LogP contribution in [0.1, 0.15) is 70.4 Å². The second kappa shape index (κ2) is 9.32. The first-order valence-corrected chi connectivity index (χ1v) is 15.5. The largest absolute Gasteiger partial charge is 0.479 e. The van der Waals surface area contributed by atoms with Gasteiger partial charge in [-0.1, -0.05) is 27.7 Å². The van der Waals surface area contributed by atoms with Gasteiger partial charge >= 0.3 is 5.97 Å². The molecule has 2 aliphatic heterocycles. The van der Waals surface area contributed by atoms with Crippen molar-refractivity contribution in [2.45, 2.75) is 101 Å². The maximum absolute atomic E-state index is 11.9. The van der Waals surface area contributed by atoms with E-state index in [-0.39, 0.29) is 5.41 Å². The van der Waals surface area contributed by atoms with Gasteiger partial charge in [0.25, 0.3) is 5.79 Å². The van der Waals surface area contributed by atoms with E-state index in [1.165, 1.54) is 24.7 Å². The van der Waals surface area contributed by atoms with Gasteiger partial charge in [-0.15, -0.1) is 11.3 Å². The molecular formula is C30H39NO9S. The van der Waals surface area contributed by atoms with Gasteiger partial charge in [-0.25, -0.2) is 14.7 Å². The smallest absolute Gasteiger partial charge is 0.333 e. The van der Waals surface area contributed by atoms with Gasteiger partial charge in [-0.3, -0.25) is 0 Å². The number of carboxylic acids is 1. The Hall–Kier alpha value is -1.86. The quantitative estimate of drug-likeness (QED) is 0.437. The molecule has 6 atom stereocenters. The number of carboxylic acid groups (broad SMARTS) is 1. The SMILES string of the molecule is COC1(c2cc(OC3OC(C(=O)O)C(C)C(O)C3O)c3nc(C(C)(C)C)sc3c2)OOC12C1CC3CC(C1)CC2C3. The number of hydrogen-bond acceptors (Lipinski definition) is 10. The fourth-order valence-electron chi connectivity index (χ4n) is 8.46. The van der Waals surface area contributed by atoms with Crippen LogP contribution in [0.15, 0.2) is 12.1 Å². The van der Waals surface area contributed by atoms with Gasteiger partial charge < -0.3 is 29.5 Å². The summed E-state index contributed by atoms with van der Waals surface area (Å²) >= 11 is 1.54. The average Bonchev–Trinajstić information content (AvgIpc) is 3.34. The van der Waals surface area contributed by atoms with Gasteiger partial charge in [0.05, 0.1) is 15.8 Å². The van der Waals surface area contributed by atoms with Crippen molar-refractivity contribution in [3.05, 3.63) is 22.7 Å². The number of rotatable bonds is 5. The molecule has 10 nitrogen and oxygen atoms in total. The summed E-state index contributed by atoms with van der Waals surface area (Å²) in [4.78, 5) is 28.9. The summed E-state index contributed by atoms with van der Waals surface area (Å²) in [5.41, 5.74) is 0.433. The molecule has 0 amide bonds. The molecule has 224 valence electrons. The zero-order valence-electron chi connectivity index (χ0n) is 24.0. The fraction of sp³-hybridized carbons (Fsp3) is 0.733. The molecule has 6 fully saturated rings. The number of aliphatic carboxylic acids is 1. The Balaban J connectivity index is 1.33. The van der Waals surface area contributed by atoms with Crippen LogP contribution in [0.5, 0.6) is 5.75 Å². The Bertz CT molecular complexity index is 1340.